The van der Waals surface area contributed by atoms with Crippen molar-refractivity contribution < 1.29 is 14.3 Å². The lowest BCUT2D eigenvalue weighted by Gasteiger charge is -2.12. The number of fused-ring (bicyclic) bond motifs is 1. The number of hydrogen-bond donors (Lipinski definition) is 1. The summed E-state index contributed by atoms with van der Waals surface area (Å²) in [5, 5.41) is 10.6. The van der Waals surface area contributed by atoms with Crippen molar-refractivity contribution in [1.82, 2.24) is 20.3 Å². The third kappa shape index (κ3) is 3.18. The molecule has 0 aliphatic heterocycles. The van der Waals surface area contributed by atoms with Crippen LogP contribution in [0.2, 0.25) is 0 Å². The Bertz CT molecular complexity index is 665. The Labute approximate surface area is 122 Å². The van der Waals surface area contributed by atoms with Crippen molar-refractivity contribution in [2.45, 2.75) is 33.4 Å². The number of nitrogens with one attached hydrogen (secondary N) is 1. The van der Waals surface area contributed by atoms with Crippen LogP contribution >= 0.6 is 0 Å². The molecule has 1 aromatic carbocycles. The summed E-state index contributed by atoms with van der Waals surface area (Å²) in [5.41, 5.74) is 1.82. The van der Waals surface area contributed by atoms with Gasteiger partial charge in [0.2, 0.25) is 0 Å². The minimum atomic E-state index is -0.834. The molecule has 7 nitrogen and oxygen atoms in total. The Morgan fingerprint density at radius 2 is 2.14 bits per heavy atom. The van der Waals surface area contributed by atoms with Crippen molar-refractivity contribution in [2.75, 3.05) is 6.54 Å². The van der Waals surface area contributed by atoms with Gasteiger partial charge in [-0.3, -0.25) is 4.79 Å². The van der Waals surface area contributed by atoms with Crippen LogP contribution < -0.4 is 5.32 Å². The SMILES string of the molecule is CCNC(=O)[C@H](C)OC(=O)c1ccc2c(c1)nnn2CC. The van der Waals surface area contributed by atoms with E-state index in [4.69, 9.17) is 4.74 Å². The number of aromatic nitrogens is 3. The molecule has 1 amide bonds. The van der Waals surface area contributed by atoms with E-state index in [0.29, 0.717) is 24.2 Å². The average Bonchev–Trinajstić information content (AvgIpc) is 2.89. The molecule has 2 aromatic rings. The second kappa shape index (κ2) is 6.34. The van der Waals surface area contributed by atoms with E-state index in [1.54, 1.807) is 29.8 Å². The molecular formula is C14H18N4O3. The molecule has 7 heteroatoms. The van der Waals surface area contributed by atoms with Gasteiger partial charge in [0, 0.05) is 13.1 Å². The smallest absolute Gasteiger partial charge is 0.338 e. The van der Waals surface area contributed by atoms with Gasteiger partial charge >= 0.3 is 5.97 Å². The maximum atomic E-state index is 12.0. The van der Waals surface area contributed by atoms with Gasteiger partial charge in [-0.2, -0.15) is 0 Å². The summed E-state index contributed by atoms with van der Waals surface area (Å²) in [7, 11) is 0. The monoisotopic (exact) mass is 290 g/mol. The van der Waals surface area contributed by atoms with E-state index in [1.807, 2.05) is 6.92 Å². The van der Waals surface area contributed by atoms with Crippen LogP contribution in [0.15, 0.2) is 18.2 Å². The van der Waals surface area contributed by atoms with Crippen LogP contribution in [0.4, 0.5) is 0 Å². The molecule has 0 fully saturated rings. The van der Waals surface area contributed by atoms with Gasteiger partial charge in [-0.15, -0.1) is 5.10 Å². The summed E-state index contributed by atoms with van der Waals surface area (Å²) in [6.45, 7) is 6.50. The number of likely N-dealkylation sites (N-methyl/N-ethyl adjacent to an activating group) is 1. The summed E-state index contributed by atoms with van der Waals surface area (Å²) in [6, 6.07) is 5.03. The number of hydrogen-bond acceptors (Lipinski definition) is 5. The minimum absolute atomic E-state index is 0.316. The summed E-state index contributed by atoms with van der Waals surface area (Å²) >= 11 is 0. The van der Waals surface area contributed by atoms with Crippen molar-refractivity contribution in [3.8, 4) is 0 Å². The topological polar surface area (TPSA) is 86.1 Å². The number of carbonyl (C=O) groups is 2. The molecule has 0 unspecified atom stereocenters. The fourth-order valence-corrected chi connectivity index (χ4v) is 1.93. The first-order chi connectivity index (χ1) is 10.1. The van der Waals surface area contributed by atoms with Crippen LogP contribution in [0.5, 0.6) is 0 Å². The quantitative estimate of drug-likeness (QED) is 0.834. The number of aryl methyl sites for hydroxylation is 1. The van der Waals surface area contributed by atoms with Crippen molar-refractivity contribution >= 4 is 22.9 Å². The molecule has 0 radical (unpaired) electrons. The fourth-order valence-electron chi connectivity index (χ4n) is 1.93. The van der Waals surface area contributed by atoms with E-state index < -0.39 is 12.1 Å². The number of esters is 1. The van der Waals surface area contributed by atoms with Crippen LogP contribution in [0.25, 0.3) is 11.0 Å². The van der Waals surface area contributed by atoms with Crippen LogP contribution in [-0.4, -0.2) is 39.5 Å². The molecule has 0 saturated heterocycles. The van der Waals surface area contributed by atoms with Gasteiger partial charge in [-0.25, -0.2) is 9.48 Å². The number of ether oxygens (including phenoxy) is 1. The van der Waals surface area contributed by atoms with Gasteiger partial charge in [0.25, 0.3) is 5.91 Å². The van der Waals surface area contributed by atoms with Crippen LogP contribution in [0, 0.1) is 0 Å². The molecule has 112 valence electrons. The zero-order chi connectivity index (χ0) is 15.4. The zero-order valence-corrected chi connectivity index (χ0v) is 12.3. The van der Waals surface area contributed by atoms with E-state index in [9.17, 15) is 9.59 Å². The van der Waals surface area contributed by atoms with Gasteiger partial charge in [-0.1, -0.05) is 5.21 Å². The lowest BCUT2D eigenvalue weighted by atomic mass is 10.2. The molecular weight excluding hydrogens is 272 g/mol. The van der Waals surface area contributed by atoms with Crippen molar-refractivity contribution in [2.24, 2.45) is 0 Å². The molecule has 2 rings (SSSR count). The van der Waals surface area contributed by atoms with E-state index >= 15 is 0 Å². The lowest BCUT2D eigenvalue weighted by Crippen LogP contribution is -2.35. The van der Waals surface area contributed by atoms with Gasteiger partial charge in [-0.05, 0) is 39.0 Å². The fraction of sp³-hybridized carbons (Fsp3) is 0.429. The highest BCUT2D eigenvalue weighted by molar-refractivity contribution is 5.95. The number of amides is 1. The van der Waals surface area contributed by atoms with E-state index in [0.717, 1.165) is 5.52 Å². The molecule has 1 atom stereocenters. The predicted octanol–water partition coefficient (Wildman–Crippen LogP) is 1.13. The molecule has 1 N–H and O–H groups in total. The zero-order valence-electron chi connectivity index (χ0n) is 12.3. The maximum absolute atomic E-state index is 12.0. The van der Waals surface area contributed by atoms with Crippen LogP contribution in [-0.2, 0) is 16.1 Å². The van der Waals surface area contributed by atoms with Crippen molar-refractivity contribution in [1.29, 1.82) is 0 Å². The second-order valence-corrected chi connectivity index (χ2v) is 4.55. The molecule has 1 heterocycles. The third-order valence-electron chi connectivity index (χ3n) is 3.05. The largest absolute Gasteiger partial charge is 0.449 e. The first-order valence-electron chi connectivity index (χ1n) is 6.88. The van der Waals surface area contributed by atoms with Crippen LogP contribution in [0.1, 0.15) is 31.1 Å². The lowest BCUT2D eigenvalue weighted by molar-refractivity contribution is -0.128. The molecule has 0 bridgehead atoms. The van der Waals surface area contributed by atoms with Crippen LogP contribution in [0.3, 0.4) is 0 Å². The predicted molar refractivity (Wildman–Crippen MR) is 76.8 cm³/mol. The Morgan fingerprint density at radius 1 is 1.38 bits per heavy atom. The number of nitrogens with zero attached hydrogens (tertiary/aromatic N) is 3. The Hall–Kier alpha value is -2.44. The molecule has 0 spiro atoms. The van der Waals surface area contributed by atoms with Crippen molar-refractivity contribution in [3.05, 3.63) is 23.8 Å². The maximum Gasteiger partial charge on any atom is 0.338 e. The molecule has 0 aliphatic rings. The van der Waals surface area contributed by atoms with Gasteiger partial charge in [0.15, 0.2) is 6.10 Å². The summed E-state index contributed by atoms with van der Waals surface area (Å²) in [5.74, 6) is -0.870. The van der Waals surface area contributed by atoms with E-state index in [1.165, 1.54) is 6.92 Å². The molecule has 0 saturated carbocycles. The Morgan fingerprint density at radius 3 is 2.81 bits per heavy atom. The third-order valence-corrected chi connectivity index (χ3v) is 3.05. The van der Waals surface area contributed by atoms with Crippen molar-refractivity contribution in [3.63, 3.8) is 0 Å². The second-order valence-electron chi connectivity index (χ2n) is 4.55. The first kappa shape index (κ1) is 15.0. The average molecular weight is 290 g/mol. The van der Waals surface area contributed by atoms with Gasteiger partial charge in [0.05, 0.1) is 11.1 Å². The van der Waals surface area contributed by atoms with E-state index in [2.05, 4.69) is 15.6 Å². The molecule has 21 heavy (non-hydrogen) atoms. The highest BCUT2D eigenvalue weighted by Gasteiger charge is 2.19. The molecule has 0 aliphatic carbocycles. The normalized spacial score (nSPS) is 12.1. The Balaban J connectivity index is 2.14. The standard InChI is InChI=1S/C14H18N4O3/c1-4-15-13(19)9(3)21-14(20)10-6-7-12-11(8-10)16-17-18(12)5-2/h6-9H,4-5H2,1-3H3,(H,15,19)/t9-/m0/s1. The highest BCUT2D eigenvalue weighted by Crippen LogP contribution is 2.14. The number of benzene rings is 1. The van der Waals surface area contributed by atoms with Gasteiger partial charge in [0.1, 0.15) is 5.52 Å². The molecule has 1 aromatic heterocycles. The number of carbonyl (C=O) groups excluding carboxylic acids is 2. The highest BCUT2D eigenvalue weighted by atomic mass is 16.5. The van der Waals surface area contributed by atoms with E-state index in [-0.39, 0.29) is 5.91 Å². The number of rotatable bonds is 5. The summed E-state index contributed by atoms with van der Waals surface area (Å²) < 4.78 is 6.86. The Kier molecular flexibility index (Phi) is 4.52. The summed E-state index contributed by atoms with van der Waals surface area (Å²) in [4.78, 5) is 23.6. The minimum Gasteiger partial charge on any atom is -0.449 e. The van der Waals surface area contributed by atoms with Gasteiger partial charge < -0.3 is 10.1 Å². The first-order valence-corrected chi connectivity index (χ1v) is 6.88. The summed E-state index contributed by atoms with van der Waals surface area (Å²) in [6.07, 6.45) is -0.834.